The first-order chi connectivity index (χ1) is 10.8. The van der Waals surface area contributed by atoms with Crippen molar-refractivity contribution in [3.8, 4) is 16.2 Å². The van der Waals surface area contributed by atoms with Gasteiger partial charge in [0.2, 0.25) is 0 Å². The van der Waals surface area contributed by atoms with E-state index in [1.54, 1.807) is 11.3 Å². The molecule has 2 nitrogen and oxygen atoms in total. The van der Waals surface area contributed by atoms with Crippen molar-refractivity contribution in [2.45, 2.75) is 20.1 Å². The van der Waals surface area contributed by atoms with E-state index in [4.69, 9.17) is 4.74 Å². The Kier molecular flexibility index (Phi) is 4.56. The maximum absolute atomic E-state index is 9.65. The smallest absolute Gasteiger partial charge is 0.128 e. The van der Waals surface area contributed by atoms with E-state index < -0.39 is 0 Å². The lowest BCUT2D eigenvalue weighted by molar-refractivity contribution is 0.279. The molecule has 0 aliphatic heterocycles. The van der Waals surface area contributed by atoms with Crippen LogP contribution in [0.5, 0.6) is 5.75 Å². The molecule has 0 fully saturated rings. The van der Waals surface area contributed by atoms with Crippen LogP contribution in [0.1, 0.15) is 16.7 Å². The molecule has 0 unspecified atom stereocenters. The van der Waals surface area contributed by atoms with E-state index in [9.17, 15) is 5.11 Å². The summed E-state index contributed by atoms with van der Waals surface area (Å²) in [5, 5.41) is 11.8. The Hall–Kier alpha value is -2.10. The van der Waals surface area contributed by atoms with Gasteiger partial charge in [0.15, 0.2) is 0 Å². The van der Waals surface area contributed by atoms with Gasteiger partial charge in [0.1, 0.15) is 12.4 Å². The number of benzene rings is 2. The van der Waals surface area contributed by atoms with Crippen LogP contribution >= 0.6 is 11.3 Å². The summed E-state index contributed by atoms with van der Waals surface area (Å²) in [6.45, 7) is 2.61. The van der Waals surface area contributed by atoms with Crippen molar-refractivity contribution in [2.24, 2.45) is 0 Å². The molecule has 0 atom stereocenters. The molecule has 0 aliphatic carbocycles. The Labute approximate surface area is 134 Å². The minimum absolute atomic E-state index is 0.00875. The highest BCUT2D eigenvalue weighted by Gasteiger charge is 2.13. The van der Waals surface area contributed by atoms with Crippen molar-refractivity contribution in [3.05, 3.63) is 76.7 Å². The van der Waals surface area contributed by atoms with Crippen LogP contribution in [0.25, 0.3) is 10.4 Å². The molecule has 2 aromatic carbocycles. The Balaban J connectivity index is 1.93. The molecule has 0 aliphatic rings. The zero-order valence-corrected chi connectivity index (χ0v) is 13.3. The quantitative estimate of drug-likeness (QED) is 0.734. The average Bonchev–Trinajstić information content (AvgIpc) is 2.99. The van der Waals surface area contributed by atoms with E-state index in [2.05, 4.69) is 18.4 Å². The van der Waals surface area contributed by atoms with Crippen LogP contribution < -0.4 is 4.74 Å². The Morgan fingerprint density at radius 3 is 2.55 bits per heavy atom. The van der Waals surface area contributed by atoms with E-state index in [0.29, 0.717) is 6.61 Å². The Morgan fingerprint density at radius 2 is 1.86 bits per heavy atom. The standard InChI is InChI=1S/C19H18O2S/c1-14-10-18(22-13-14)19-16(11-20)8-5-9-17(19)21-12-15-6-3-2-4-7-15/h2-10,13,20H,11-12H2,1H3. The van der Waals surface area contributed by atoms with Gasteiger partial charge in [0.05, 0.1) is 6.61 Å². The van der Waals surface area contributed by atoms with E-state index in [0.717, 1.165) is 27.3 Å². The van der Waals surface area contributed by atoms with Crippen LogP contribution in [0.2, 0.25) is 0 Å². The second-order valence-corrected chi connectivity index (χ2v) is 6.12. The number of thiophene rings is 1. The minimum atomic E-state index is 0.00875. The van der Waals surface area contributed by atoms with E-state index in [1.165, 1.54) is 5.56 Å². The summed E-state index contributed by atoms with van der Waals surface area (Å²) in [7, 11) is 0. The fourth-order valence-electron chi connectivity index (χ4n) is 2.41. The monoisotopic (exact) mass is 310 g/mol. The normalized spacial score (nSPS) is 10.6. The summed E-state index contributed by atoms with van der Waals surface area (Å²) in [5.74, 6) is 0.817. The Bertz CT molecular complexity index is 747. The van der Waals surface area contributed by atoms with Gasteiger partial charge in [-0.1, -0.05) is 42.5 Å². The van der Waals surface area contributed by atoms with Gasteiger partial charge >= 0.3 is 0 Å². The van der Waals surface area contributed by atoms with Gasteiger partial charge in [-0.3, -0.25) is 0 Å². The average molecular weight is 310 g/mol. The molecule has 112 valence electrons. The molecular weight excluding hydrogens is 292 g/mol. The van der Waals surface area contributed by atoms with Gasteiger partial charge in [-0.15, -0.1) is 11.3 Å². The zero-order valence-electron chi connectivity index (χ0n) is 12.5. The largest absolute Gasteiger partial charge is 0.488 e. The van der Waals surface area contributed by atoms with Crippen LogP contribution in [-0.2, 0) is 13.2 Å². The number of rotatable bonds is 5. The van der Waals surface area contributed by atoms with Gasteiger partial charge < -0.3 is 9.84 Å². The maximum Gasteiger partial charge on any atom is 0.128 e. The maximum atomic E-state index is 9.65. The van der Waals surface area contributed by atoms with Crippen molar-refractivity contribution in [1.82, 2.24) is 0 Å². The molecule has 0 saturated heterocycles. The topological polar surface area (TPSA) is 29.5 Å². The van der Waals surface area contributed by atoms with Gasteiger partial charge in [0.25, 0.3) is 0 Å². The lowest BCUT2D eigenvalue weighted by Gasteiger charge is -2.14. The fraction of sp³-hybridized carbons (Fsp3) is 0.158. The molecule has 3 aromatic rings. The van der Waals surface area contributed by atoms with Gasteiger partial charge in [0, 0.05) is 10.4 Å². The molecule has 0 saturated carbocycles. The molecule has 22 heavy (non-hydrogen) atoms. The highest BCUT2D eigenvalue weighted by molar-refractivity contribution is 7.13. The van der Waals surface area contributed by atoms with E-state index in [-0.39, 0.29) is 6.61 Å². The SMILES string of the molecule is Cc1csc(-c2c(CO)cccc2OCc2ccccc2)c1. The predicted molar refractivity (Wildman–Crippen MR) is 91.2 cm³/mol. The summed E-state index contributed by atoms with van der Waals surface area (Å²) < 4.78 is 6.02. The highest BCUT2D eigenvalue weighted by atomic mass is 32.1. The number of aliphatic hydroxyl groups excluding tert-OH is 1. The molecular formula is C19H18O2S. The van der Waals surface area contributed by atoms with Gasteiger partial charge in [-0.2, -0.15) is 0 Å². The highest BCUT2D eigenvalue weighted by Crippen LogP contribution is 2.37. The summed E-state index contributed by atoms with van der Waals surface area (Å²) in [6, 6.07) is 18.1. The number of hydrogen-bond acceptors (Lipinski definition) is 3. The third-order valence-corrected chi connectivity index (χ3v) is 4.56. The van der Waals surface area contributed by atoms with Crippen LogP contribution in [0.15, 0.2) is 60.0 Å². The lowest BCUT2D eigenvalue weighted by Crippen LogP contribution is -1.98. The van der Waals surface area contributed by atoms with Crippen molar-refractivity contribution >= 4 is 11.3 Å². The van der Waals surface area contributed by atoms with Gasteiger partial charge in [-0.05, 0) is 41.1 Å². The third kappa shape index (κ3) is 3.21. The molecule has 3 rings (SSSR count). The molecule has 3 heteroatoms. The molecule has 1 heterocycles. The fourth-order valence-corrected chi connectivity index (χ4v) is 3.39. The molecule has 0 radical (unpaired) electrons. The van der Waals surface area contributed by atoms with Crippen molar-refractivity contribution < 1.29 is 9.84 Å². The number of ether oxygens (including phenoxy) is 1. The van der Waals surface area contributed by atoms with E-state index in [1.807, 2.05) is 48.5 Å². The van der Waals surface area contributed by atoms with E-state index >= 15 is 0 Å². The second kappa shape index (κ2) is 6.77. The summed E-state index contributed by atoms with van der Waals surface area (Å²) in [6.07, 6.45) is 0. The molecule has 1 aromatic heterocycles. The molecule has 1 N–H and O–H groups in total. The molecule has 0 bridgehead atoms. The van der Waals surface area contributed by atoms with Crippen molar-refractivity contribution in [2.75, 3.05) is 0 Å². The lowest BCUT2D eigenvalue weighted by atomic mass is 10.0. The number of aryl methyl sites for hydroxylation is 1. The number of aliphatic hydroxyl groups is 1. The first-order valence-electron chi connectivity index (χ1n) is 7.23. The van der Waals surface area contributed by atoms with Crippen LogP contribution in [0.3, 0.4) is 0 Å². The van der Waals surface area contributed by atoms with Crippen LogP contribution in [0, 0.1) is 6.92 Å². The van der Waals surface area contributed by atoms with Crippen LogP contribution in [0.4, 0.5) is 0 Å². The molecule has 0 spiro atoms. The Morgan fingerprint density at radius 1 is 1.05 bits per heavy atom. The first-order valence-corrected chi connectivity index (χ1v) is 8.11. The molecule has 0 amide bonds. The third-order valence-electron chi connectivity index (χ3n) is 3.50. The van der Waals surface area contributed by atoms with Crippen molar-refractivity contribution in [1.29, 1.82) is 0 Å². The summed E-state index contributed by atoms with van der Waals surface area (Å²) in [4.78, 5) is 1.13. The van der Waals surface area contributed by atoms with Crippen LogP contribution in [-0.4, -0.2) is 5.11 Å². The van der Waals surface area contributed by atoms with Gasteiger partial charge in [-0.25, -0.2) is 0 Å². The first kappa shape index (κ1) is 14.8. The number of hydrogen-bond donors (Lipinski definition) is 1. The summed E-state index contributed by atoms with van der Waals surface area (Å²) >= 11 is 1.68. The van der Waals surface area contributed by atoms with Crippen molar-refractivity contribution in [3.63, 3.8) is 0 Å². The second-order valence-electron chi connectivity index (χ2n) is 5.21. The minimum Gasteiger partial charge on any atom is -0.488 e. The zero-order chi connectivity index (χ0) is 15.4. The summed E-state index contributed by atoms with van der Waals surface area (Å²) in [5.41, 5.74) is 4.25. The predicted octanol–water partition coefficient (Wildman–Crippen LogP) is 4.79.